The van der Waals surface area contributed by atoms with Crippen molar-refractivity contribution in [3.05, 3.63) is 22.8 Å². The third kappa shape index (κ3) is 4.94. The van der Waals surface area contributed by atoms with Crippen LogP contribution in [0.15, 0.2) is 12.1 Å². The van der Waals surface area contributed by atoms with Gasteiger partial charge in [0.05, 0.1) is 18.0 Å². The third-order valence-electron chi connectivity index (χ3n) is 7.43. The second-order valence-electron chi connectivity index (χ2n) is 10.1. The Balaban J connectivity index is 1.71. The van der Waals surface area contributed by atoms with E-state index in [-0.39, 0.29) is 31.4 Å². The maximum Gasteiger partial charge on any atom is 0.456 e. The highest BCUT2D eigenvalue weighted by Gasteiger charge is 2.83. The summed E-state index contributed by atoms with van der Waals surface area (Å²) in [6.45, 7) is 0. The van der Waals surface area contributed by atoms with Crippen LogP contribution in [0.4, 0.5) is 26.3 Å². The lowest BCUT2D eigenvalue weighted by Crippen LogP contribution is -2.67. The first-order chi connectivity index (χ1) is 17.2. The van der Waals surface area contributed by atoms with Crippen LogP contribution >= 0.6 is 67.8 Å². The van der Waals surface area contributed by atoms with Gasteiger partial charge in [-0.1, -0.05) is 0 Å². The van der Waals surface area contributed by atoms with Crippen LogP contribution in [-0.2, 0) is 24.4 Å². The van der Waals surface area contributed by atoms with Gasteiger partial charge < -0.3 is 9.47 Å². The molecule has 4 aliphatic carbocycles. The van der Waals surface area contributed by atoms with E-state index in [0.717, 1.165) is 3.57 Å². The van der Waals surface area contributed by atoms with Crippen molar-refractivity contribution in [2.45, 2.75) is 55.8 Å². The molecule has 38 heavy (non-hydrogen) atoms. The monoisotopic (exact) mass is 908 g/mol. The Morgan fingerprint density at radius 1 is 0.868 bits per heavy atom. The Morgan fingerprint density at radius 3 is 1.68 bits per heavy atom. The molecule has 0 aromatic heterocycles. The highest BCUT2D eigenvalue weighted by atomic mass is 127. The predicted octanol–water partition coefficient (Wildman–Crippen LogP) is 6.24. The predicted molar refractivity (Wildman–Crippen MR) is 142 cm³/mol. The minimum Gasteiger partial charge on any atom is -0.424 e. The number of esters is 2. The Hall–Kier alpha value is -0.160. The summed E-state index contributed by atoms with van der Waals surface area (Å²) in [5.41, 5.74) is -3.39. The lowest BCUT2D eigenvalue weighted by Gasteiger charge is -2.59. The van der Waals surface area contributed by atoms with Crippen LogP contribution in [0.25, 0.3) is 0 Å². The lowest BCUT2D eigenvalue weighted by molar-refractivity contribution is -0.339. The summed E-state index contributed by atoms with van der Waals surface area (Å²) in [4.78, 5) is 20.5. The first-order valence-corrected chi connectivity index (χ1v) is 15.5. The smallest absolute Gasteiger partial charge is 0.424 e. The SMILES string of the molecule is O=C(Oc1c(I)cc(I)cc1I)C12CC3CC(C1)CC(C(=O)OC(C(F)(F)F)(C(F)(F)F)S(=O)(=O)O)(C3)C2. The van der Waals surface area contributed by atoms with E-state index >= 15 is 0 Å². The minimum atomic E-state index is -7.08. The highest BCUT2D eigenvalue weighted by molar-refractivity contribution is 14.1. The molecule has 0 spiro atoms. The summed E-state index contributed by atoms with van der Waals surface area (Å²) in [5, 5.41) is 0. The zero-order valence-corrected chi connectivity index (χ0v) is 26.0. The molecule has 0 heterocycles. The molecule has 1 N–H and O–H groups in total. The molecule has 2 atom stereocenters. The molecule has 0 aliphatic heterocycles. The van der Waals surface area contributed by atoms with Gasteiger partial charge in [-0.05, 0) is 130 Å². The molecule has 2 unspecified atom stereocenters. The van der Waals surface area contributed by atoms with Crippen molar-refractivity contribution in [2.75, 3.05) is 0 Å². The standard InChI is InChI=1S/C21H17F6I3O7S/c22-20(23,24)19(21(25,26)27,38(33,34)35)37-16(32)18-6-9-1-10(7-18)5-17(4-9,8-18)15(31)36-14-12(29)2-11(28)3-13(14)30/h2-3,9-10H,1,4-8H2,(H,33,34,35). The maximum atomic E-state index is 13.6. The number of hydrogen-bond acceptors (Lipinski definition) is 6. The zero-order chi connectivity index (χ0) is 28.7. The van der Waals surface area contributed by atoms with Gasteiger partial charge in [-0.25, -0.2) is 0 Å². The van der Waals surface area contributed by atoms with Gasteiger partial charge in [0.2, 0.25) is 0 Å². The Bertz CT molecular complexity index is 1250. The van der Waals surface area contributed by atoms with E-state index < -0.39 is 68.4 Å². The molecule has 17 heteroatoms. The van der Waals surface area contributed by atoms with Gasteiger partial charge in [-0.15, -0.1) is 0 Å². The number of rotatable bonds is 5. The van der Waals surface area contributed by atoms with Crippen LogP contribution in [0.3, 0.4) is 0 Å². The van der Waals surface area contributed by atoms with Crippen LogP contribution < -0.4 is 4.74 Å². The molecule has 4 fully saturated rings. The van der Waals surface area contributed by atoms with E-state index in [1.807, 2.05) is 45.2 Å². The number of halogens is 9. The van der Waals surface area contributed by atoms with Crippen molar-refractivity contribution >= 4 is 89.8 Å². The van der Waals surface area contributed by atoms with Crippen LogP contribution in [0.2, 0.25) is 0 Å². The van der Waals surface area contributed by atoms with Crippen molar-refractivity contribution in [3.8, 4) is 5.75 Å². The average Bonchev–Trinajstić information content (AvgIpc) is 2.70. The van der Waals surface area contributed by atoms with E-state index in [4.69, 9.17) is 9.29 Å². The van der Waals surface area contributed by atoms with Crippen molar-refractivity contribution in [2.24, 2.45) is 22.7 Å². The van der Waals surface area contributed by atoms with Crippen LogP contribution in [-0.4, -0.2) is 42.2 Å². The van der Waals surface area contributed by atoms with Gasteiger partial charge in [-0.3, -0.25) is 14.1 Å². The molecule has 212 valence electrons. The van der Waals surface area contributed by atoms with Crippen LogP contribution in [0.5, 0.6) is 5.75 Å². The zero-order valence-electron chi connectivity index (χ0n) is 18.8. The number of carbonyl (C=O) groups excluding carboxylic acids is 2. The minimum absolute atomic E-state index is 0.187. The van der Waals surface area contributed by atoms with Crippen LogP contribution in [0, 0.1) is 33.4 Å². The molecule has 5 rings (SSSR count). The Kier molecular flexibility index (Phi) is 7.86. The number of carbonyl (C=O) groups is 2. The highest BCUT2D eigenvalue weighted by Crippen LogP contribution is 2.66. The summed E-state index contributed by atoms with van der Waals surface area (Å²) in [7, 11) is -7.08. The van der Waals surface area contributed by atoms with E-state index in [1.165, 1.54) is 0 Å². The average molecular weight is 908 g/mol. The van der Waals surface area contributed by atoms with Gasteiger partial charge in [0, 0.05) is 3.57 Å². The largest absolute Gasteiger partial charge is 0.456 e. The first kappa shape index (κ1) is 30.8. The Morgan fingerprint density at radius 2 is 1.29 bits per heavy atom. The topological polar surface area (TPSA) is 107 Å². The number of benzene rings is 1. The van der Waals surface area contributed by atoms with E-state index in [1.54, 1.807) is 12.1 Å². The fourth-order valence-corrected chi connectivity index (χ4v) is 11.0. The summed E-state index contributed by atoms with van der Waals surface area (Å²) in [6, 6.07) is 3.49. The second-order valence-corrected chi connectivity index (χ2v) is 15.2. The van der Waals surface area contributed by atoms with Crippen molar-refractivity contribution in [1.29, 1.82) is 0 Å². The van der Waals surface area contributed by atoms with E-state index in [9.17, 15) is 44.3 Å². The molecule has 0 radical (unpaired) electrons. The molecular formula is C21H17F6I3O7S. The summed E-state index contributed by atoms with van der Waals surface area (Å²) in [6.07, 6.45) is -13.4. The van der Waals surface area contributed by atoms with Crippen LogP contribution in [0.1, 0.15) is 38.5 Å². The maximum absolute atomic E-state index is 13.6. The molecule has 4 saturated carbocycles. The number of ether oxygens (including phenoxy) is 2. The summed E-state index contributed by atoms with van der Waals surface area (Å²) in [5.74, 6) is -3.43. The van der Waals surface area contributed by atoms with E-state index in [2.05, 4.69) is 27.3 Å². The Labute approximate surface area is 253 Å². The van der Waals surface area contributed by atoms with Crippen molar-refractivity contribution < 1.29 is 58.4 Å². The van der Waals surface area contributed by atoms with Crippen molar-refractivity contribution in [1.82, 2.24) is 0 Å². The first-order valence-electron chi connectivity index (χ1n) is 10.9. The molecule has 4 aliphatic rings. The molecule has 7 nitrogen and oxygen atoms in total. The molecule has 4 bridgehead atoms. The fourth-order valence-electron chi connectivity index (χ4n) is 6.43. The molecule has 0 amide bonds. The number of hydrogen-bond donors (Lipinski definition) is 1. The van der Waals surface area contributed by atoms with Gasteiger partial charge >= 0.3 is 39.3 Å². The molecule has 1 aromatic carbocycles. The van der Waals surface area contributed by atoms with Gasteiger partial charge in [0.15, 0.2) is 5.75 Å². The van der Waals surface area contributed by atoms with E-state index in [0.29, 0.717) is 13.6 Å². The van der Waals surface area contributed by atoms with Gasteiger partial charge in [0.1, 0.15) is 0 Å². The lowest BCUT2D eigenvalue weighted by atomic mass is 9.44. The number of alkyl halides is 6. The normalized spacial score (nSPS) is 29.3. The van der Waals surface area contributed by atoms with Gasteiger partial charge in [-0.2, -0.15) is 34.8 Å². The summed E-state index contributed by atoms with van der Waals surface area (Å²) >= 11 is 5.99. The quantitative estimate of drug-likeness (QED) is 0.123. The van der Waals surface area contributed by atoms with Crippen molar-refractivity contribution in [3.63, 3.8) is 0 Å². The fraction of sp³-hybridized carbons (Fsp3) is 0.619. The third-order valence-corrected chi connectivity index (χ3v) is 10.9. The second kappa shape index (κ2) is 9.70. The molecule has 0 saturated heterocycles. The van der Waals surface area contributed by atoms with Gasteiger partial charge in [0.25, 0.3) is 0 Å². The molecular weight excluding hydrogens is 891 g/mol. The summed E-state index contributed by atoms with van der Waals surface area (Å²) < 4.78 is 126. The molecule has 1 aromatic rings.